The van der Waals surface area contributed by atoms with E-state index in [9.17, 15) is 0 Å². The third kappa shape index (κ3) is 3.84. The minimum atomic E-state index is -0.123. The third-order valence-electron chi connectivity index (χ3n) is 3.18. The summed E-state index contributed by atoms with van der Waals surface area (Å²) < 4.78 is 16.3. The third-order valence-corrected chi connectivity index (χ3v) is 3.47. The van der Waals surface area contributed by atoms with Crippen molar-refractivity contribution in [1.29, 1.82) is 0 Å². The van der Waals surface area contributed by atoms with Gasteiger partial charge in [0.1, 0.15) is 24.2 Å². The predicted molar refractivity (Wildman–Crippen MR) is 85.6 cm³/mol. The van der Waals surface area contributed by atoms with Crippen LogP contribution in [0.2, 0.25) is 5.02 Å². The number of halogens is 1. The second-order valence-corrected chi connectivity index (χ2v) is 5.45. The minimum Gasteiger partial charge on any atom is -0.484 e. The van der Waals surface area contributed by atoms with Crippen LogP contribution in [0.4, 0.5) is 5.69 Å². The smallest absolute Gasteiger partial charge is 0.238 e. The number of rotatable bonds is 6. The van der Waals surface area contributed by atoms with E-state index in [0.717, 1.165) is 11.4 Å². The van der Waals surface area contributed by atoms with Gasteiger partial charge in [0.05, 0.1) is 11.3 Å². The van der Waals surface area contributed by atoms with E-state index in [1.807, 2.05) is 25.1 Å². The van der Waals surface area contributed by atoms with Crippen LogP contribution in [0.15, 0.2) is 45.4 Å². The number of nitrogens with zero attached hydrogens (tertiary/aromatic N) is 2. The summed E-state index contributed by atoms with van der Waals surface area (Å²) in [6.07, 6.45) is 1.61. The van der Waals surface area contributed by atoms with Crippen LogP contribution < -0.4 is 10.1 Å². The van der Waals surface area contributed by atoms with Crippen molar-refractivity contribution in [2.75, 3.05) is 5.32 Å². The zero-order chi connectivity index (χ0) is 16.2. The van der Waals surface area contributed by atoms with Crippen LogP contribution >= 0.6 is 11.6 Å². The van der Waals surface area contributed by atoms with Crippen LogP contribution in [0.25, 0.3) is 0 Å². The first-order valence-electron chi connectivity index (χ1n) is 7.13. The molecule has 0 radical (unpaired) electrons. The summed E-state index contributed by atoms with van der Waals surface area (Å²) >= 11 is 6.26. The van der Waals surface area contributed by atoms with Crippen molar-refractivity contribution in [3.8, 4) is 5.75 Å². The zero-order valence-corrected chi connectivity index (χ0v) is 13.5. The van der Waals surface area contributed by atoms with Crippen LogP contribution in [-0.4, -0.2) is 10.2 Å². The Kier molecular flexibility index (Phi) is 4.52. The van der Waals surface area contributed by atoms with Gasteiger partial charge in [0, 0.05) is 12.6 Å². The Morgan fingerprint density at radius 2 is 2.17 bits per heavy atom. The first kappa shape index (κ1) is 15.4. The molecule has 0 spiro atoms. The van der Waals surface area contributed by atoms with Crippen LogP contribution in [0.1, 0.15) is 30.5 Å². The van der Waals surface area contributed by atoms with Gasteiger partial charge in [-0.15, -0.1) is 10.2 Å². The second-order valence-electron chi connectivity index (χ2n) is 5.04. The van der Waals surface area contributed by atoms with Crippen molar-refractivity contribution in [1.82, 2.24) is 10.2 Å². The minimum absolute atomic E-state index is 0.123. The molecule has 0 aliphatic heterocycles. The number of aryl methyl sites for hydroxylation is 1. The SMILES string of the molecule is Cc1nnc([C@@H](C)Nc2ccc(OCc3ccco3)c(Cl)c2)o1. The highest BCUT2D eigenvalue weighted by molar-refractivity contribution is 6.32. The second kappa shape index (κ2) is 6.75. The lowest BCUT2D eigenvalue weighted by atomic mass is 10.2. The van der Waals surface area contributed by atoms with Gasteiger partial charge in [-0.1, -0.05) is 11.6 Å². The maximum absolute atomic E-state index is 6.26. The molecule has 2 heterocycles. The summed E-state index contributed by atoms with van der Waals surface area (Å²) in [5, 5.41) is 11.6. The van der Waals surface area contributed by atoms with Crippen LogP contribution in [0.3, 0.4) is 0 Å². The average molecular weight is 334 g/mol. The lowest BCUT2D eigenvalue weighted by Gasteiger charge is -2.13. The molecule has 3 rings (SSSR count). The Morgan fingerprint density at radius 1 is 1.30 bits per heavy atom. The molecule has 6 nitrogen and oxygen atoms in total. The van der Waals surface area contributed by atoms with Gasteiger partial charge in [0.2, 0.25) is 11.8 Å². The fraction of sp³-hybridized carbons (Fsp3) is 0.250. The van der Waals surface area contributed by atoms with Crippen molar-refractivity contribution in [3.63, 3.8) is 0 Å². The molecule has 0 saturated carbocycles. The zero-order valence-electron chi connectivity index (χ0n) is 12.7. The summed E-state index contributed by atoms with van der Waals surface area (Å²) in [6, 6.07) is 9.01. The number of anilines is 1. The number of nitrogens with one attached hydrogen (secondary N) is 1. The number of benzene rings is 1. The normalized spacial score (nSPS) is 12.1. The molecule has 23 heavy (non-hydrogen) atoms. The van der Waals surface area contributed by atoms with Gasteiger partial charge in [0.25, 0.3) is 0 Å². The fourth-order valence-corrected chi connectivity index (χ4v) is 2.28. The quantitative estimate of drug-likeness (QED) is 0.721. The molecule has 0 fully saturated rings. The Labute approximate surface area is 138 Å². The number of hydrogen-bond donors (Lipinski definition) is 1. The standard InChI is InChI=1S/C16H16ClN3O3/c1-10(16-20-19-11(2)23-16)18-12-5-6-15(14(17)8-12)22-9-13-4-3-7-21-13/h3-8,10,18H,9H2,1-2H3/t10-/m1/s1. The highest BCUT2D eigenvalue weighted by Crippen LogP contribution is 2.30. The number of aromatic nitrogens is 2. The first-order chi connectivity index (χ1) is 11.1. The molecule has 2 aromatic heterocycles. The highest BCUT2D eigenvalue weighted by Gasteiger charge is 2.13. The average Bonchev–Trinajstić information content (AvgIpc) is 3.18. The Bertz CT molecular complexity index is 771. The van der Waals surface area contributed by atoms with Gasteiger partial charge >= 0.3 is 0 Å². The van der Waals surface area contributed by atoms with Crippen LogP contribution in [0, 0.1) is 6.92 Å². The lowest BCUT2D eigenvalue weighted by molar-refractivity contribution is 0.270. The van der Waals surface area contributed by atoms with E-state index >= 15 is 0 Å². The molecule has 120 valence electrons. The topological polar surface area (TPSA) is 73.3 Å². The fourth-order valence-electron chi connectivity index (χ4n) is 2.05. The maximum Gasteiger partial charge on any atom is 0.238 e. The van der Waals surface area contributed by atoms with Crippen LogP contribution in [0.5, 0.6) is 5.75 Å². The lowest BCUT2D eigenvalue weighted by Crippen LogP contribution is -2.07. The summed E-state index contributed by atoms with van der Waals surface area (Å²) in [4.78, 5) is 0. The van der Waals surface area contributed by atoms with Gasteiger partial charge in [-0.25, -0.2) is 0 Å². The number of furan rings is 1. The maximum atomic E-state index is 6.26. The summed E-state index contributed by atoms with van der Waals surface area (Å²) in [6.45, 7) is 4.02. The van der Waals surface area contributed by atoms with Crippen molar-refractivity contribution in [2.24, 2.45) is 0 Å². The van der Waals surface area contributed by atoms with Crippen molar-refractivity contribution >= 4 is 17.3 Å². The van der Waals surface area contributed by atoms with E-state index in [0.29, 0.717) is 29.2 Å². The molecule has 1 aromatic carbocycles. The number of ether oxygens (including phenoxy) is 1. The molecule has 3 aromatic rings. The predicted octanol–water partition coefficient (Wildman–Crippen LogP) is 4.38. The van der Waals surface area contributed by atoms with Gasteiger partial charge in [-0.3, -0.25) is 0 Å². The summed E-state index contributed by atoms with van der Waals surface area (Å²) in [5.74, 6) is 2.39. The molecule has 0 amide bonds. The molecule has 7 heteroatoms. The van der Waals surface area contributed by atoms with Crippen molar-refractivity contribution in [3.05, 3.63) is 59.2 Å². The van der Waals surface area contributed by atoms with Gasteiger partial charge in [-0.05, 0) is 37.3 Å². The Hall–Kier alpha value is -2.47. The molecule has 0 aliphatic carbocycles. The van der Waals surface area contributed by atoms with Gasteiger partial charge < -0.3 is 18.9 Å². The van der Waals surface area contributed by atoms with Crippen molar-refractivity contribution < 1.29 is 13.6 Å². The van der Waals surface area contributed by atoms with Crippen LogP contribution in [-0.2, 0) is 6.61 Å². The van der Waals surface area contributed by atoms with Gasteiger partial charge in [0.15, 0.2) is 0 Å². The Balaban J connectivity index is 1.64. The molecule has 0 unspecified atom stereocenters. The Morgan fingerprint density at radius 3 is 2.83 bits per heavy atom. The summed E-state index contributed by atoms with van der Waals surface area (Å²) in [7, 11) is 0. The molecular weight excluding hydrogens is 318 g/mol. The van der Waals surface area contributed by atoms with Gasteiger partial charge in [-0.2, -0.15) is 0 Å². The molecule has 0 saturated heterocycles. The molecule has 0 bridgehead atoms. The van der Waals surface area contributed by atoms with E-state index in [2.05, 4.69) is 15.5 Å². The van der Waals surface area contributed by atoms with E-state index in [4.69, 9.17) is 25.2 Å². The van der Waals surface area contributed by atoms with E-state index < -0.39 is 0 Å². The first-order valence-corrected chi connectivity index (χ1v) is 7.51. The highest BCUT2D eigenvalue weighted by atomic mass is 35.5. The summed E-state index contributed by atoms with van der Waals surface area (Å²) in [5.41, 5.74) is 0.837. The van der Waals surface area contributed by atoms with E-state index in [1.165, 1.54) is 0 Å². The molecular formula is C16H16ClN3O3. The molecule has 1 atom stereocenters. The molecule has 0 aliphatic rings. The largest absolute Gasteiger partial charge is 0.484 e. The van der Waals surface area contributed by atoms with E-state index in [1.54, 1.807) is 25.3 Å². The monoisotopic (exact) mass is 333 g/mol. The van der Waals surface area contributed by atoms with Crippen molar-refractivity contribution in [2.45, 2.75) is 26.5 Å². The number of hydrogen-bond acceptors (Lipinski definition) is 6. The molecule has 1 N–H and O–H groups in total. The van der Waals surface area contributed by atoms with E-state index in [-0.39, 0.29) is 6.04 Å².